The van der Waals surface area contributed by atoms with Gasteiger partial charge in [-0.25, -0.2) is 0 Å². The van der Waals surface area contributed by atoms with Crippen LogP contribution in [-0.2, 0) is 6.42 Å². The molecule has 2 atom stereocenters. The second-order valence-corrected chi connectivity index (χ2v) is 8.51. The fourth-order valence-corrected chi connectivity index (χ4v) is 4.89. The number of thiocarbonyl (C=S) groups is 1. The molecule has 0 amide bonds. The molecule has 2 fully saturated rings. The Hall–Kier alpha value is -1.13. The zero-order valence-corrected chi connectivity index (χ0v) is 16.7. The first-order valence-corrected chi connectivity index (χ1v) is 10.4. The normalized spacial score (nSPS) is 26.5. The van der Waals surface area contributed by atoms with Crippen LogP contribution in [0.5, 0.6) is 0 Å². The van der Waals surface area contributed by atoms with Crippen LogP contribution in [0.15, 0.2) is 24.3 Å². The highest BCUT2D eigenvalue weighted by Gasteiger charge is 2.38. The molecule has 1 aromatic carbocycles. The molecule has 25 heavy (non-hydrogen) atoms. The highest BCUT2D eigenvalue weighted by atomic mass is 32.1. The van der Waals surface area contributed by atoms with Crippen molar-refractivity contribution in [3.8, 4) is 0 Å². The molecule has 0 radical (unpaired) electrons. The van der Waals surface area contributed by atoms with E-state index < -0.39 is 0 Å². The van der Waals surface area contributed by atoms with Crippen LogP contribution in [0.3, 0.4) is 0 Å². The smallest absolute Gasteiger partial charge is 0.171 e. The number of para-hydroxylation sites is 1. The van der Waals surface area contributed by atoms with Crippen molar-refractivity contribution in [1.29, 1.82) is 0 Å². The second kappa shape index (κ2) is 8.50. The summed E-state index contributed by atoms with van der Waals surface area (Å²) in [5.74, 6) is 0.751. The number of nitrogens with one attached hydrogen (secondary N) is 2. The van der Waals surface area contributed by atoms with Crippen molar-refractivity contribution in [2.24, 2.45) is 5.92 Å². The molecule has 0 aromatic heterocycles. The first kappa shape index (κ1) is 18.7. The molecule has 0 saturated carbocycles. The van der Waals surface area contributed by atoms with E-state index in [9.17, 15) is 0 Å². The Morgan fingerprint density at radius 2 is 1.88 bits per heavy atom. The average Bonchev–Trinajstić information content (AvgIpc) is 2.55. The van der Waals surface area contributed by atoms with E-state index in [2.05, 4.69) is 60.6 Å². The highest BCUT2D eigenvalue weighted by Crippen LogP contribution is 2.34. The molecule has 2 N–H and O–H groups in total. The molecule has 138 valence electrons. The van der Waals surface area contributed by atoms with E-state index in [1.807, 2.05) is 0 Å². The van der Waals surface area contributed by atoms with Crippen LogP contribution in [0.25, 0.3) is 0 Å². The van der Waals surface area contributed by atoms with Gasteiger partial charge in [-0.2, -0.15) is 0 Å². The Morgan fingerprint density at radius 1 is 1.20 bits per heavy atom. The van der Waals surface area contributed by atoms with E-state index in [-0.39, 0.29) is 0 Å². The third-order valence-electron chi connectivity index (χ3n) is 5.68. The molecule has 3 nitrogen and oxygen atoms in total. The van der Waals surface area contributed by atoms with E-state index in [1.54, 1.807) is 0 Å². The van der Waals surface area contributed by atoms with Crippen molar-refractivity contribution in [2.45, 2.75) is 77.4 Å². The van der Waals surface area contributed by atoms with Crippen molar-refractivity contribution in [2.75, 3.05) is 11.9 Å². The molecular formula is C21H33N3S. The van der Waals surface area contributed by atoms with E-state index in [1.165, 1.54) is 44.2 Å². The molecule has 0 aliphatic carbocycles. The summed E-state index contributed by atoms with van der Waals surface area (Å²) >= 11 is 5.62. The van der Waals surface area contributed by atoms with Crippen LogP contribution in [0, 0.1) is 5.92 Å². The van der Waals surface area contributed by atoms with E-state index >= 15 is 0 Å². The van der Waals surface area contributed by atoms with E-state index in [0.717, 1.165) is 35.2 Å². The quantitative estimate of drug-likeness (QED) is 0.753. The van der Waals surface area contributed by atoms with Crippen molar-refractivity contribution in [1.82, 2.24) is 10.2 Å². The largest absolute Gasteiger partial charge is 0.360 e. The van der Waals surface area contributed by atoms with Gasteiger partial charge < -0.3 is 10.6 Å². The Bertz CT molecular complexity index is 572. The third-order valence-corrected chi connectivity index (χ3v) is 5.90. The molecular weight excluding hydrogens is 326 g/mol. The minimum atomic E-state index is 0.507. The second-order valence-electron chi connectivity index (χ2n) is 8.11. The summed E-state index contributed by atoms with van der Waals surface area (Å²) < 4.78 is 0. The standard InChI is InChI=1S/C21H33N3S/c1-4-16-8-5-6-11-20(16)23-21(25)22-17-12-18-9-7-10-19(13-17)24(18)14-15(2)3/h5-6,8,11,15,17-19H,4,7,9-10,12-14H2,1-3H3,(H2,22,23,25)/t18-,19-/m1/s1. The number of aryl methyl sites for hydroxylation is 1. The number of fused-ring (bicyclic) bond motifs is 2. The van der Waals surface area contributed by atoms with Gasteiger partial charge in [-0.1, -0.05) is 45.4 Å². The van der Waals surface area contributed by atoms with Crippen LogP contribution in [0.4, 0.5) is 5.69 Å². The molecule has 2 bridgehead atoms. The average molecular weight is 360 g/mol. The van der Waals surface area contributed by atoms with Gasteiger partial charge in [0, 0.05) is 30.4 Å². The number of rotatable bonds is 5. The summed E-state index contributed by atoms with van der Waals surface area (Å²) in [6, 6.07) is 10.4. The Kier molecular flexibility index (Phi) is 6.34. The number of hydrogen-bond acceptors (Lipinski definition) is 2. The van der Waals surface area contributed by atoms with Gasteiger partial charge in [0.25, 0.3) is 0 Å². The lowest BCUT2D eigenvalue weighted by molar-refractivity contribution is 0.0191. The van der Waals surface area contributed by atoms with Crippen LogP contribution in [0.1, 0.15) is 58.4 Å². The minimum absolute atomic E-state index is 0.507. The molecule has 0 spiro atoms. The third kappa shape index (κ3) is 4.73. The van der Waals surface area contributed by atoms with Gasteiger partial charge in [0.05, 0.1) is 0 Å². The zero-order valence-electron chi connectivity index (χ0n) is 15.9. The first-order chi connectivity index (χ1) is 12.1. The van der Waals surface area contributed by atoms with Gasteiger partial charge >= 0.3 is 0 Å². The molecule has 2 heterocycles. The van der Waals surface area contributed by atoms with Gasteiger partial charge in [0.1, 0.15) is 0 Å². The topological polar surface area (TPSA) is 27.3 Å². The maximum Gasteiger partial charge on any atom is 0.171 e. The first-order valence-electron chi connectivity index (χ1n) is 9.98. The molecule has 3 rings (SSSR count). The van der Waals surface area contributed by atoms with E-state index in [4.69, 9.17) is 12.2 Å². The van der Waals surface area contributed by atoms with Crippen molar-refractivity contribution >= 4 is 23.0 Å². The summed E-state index contributed by atoms with van der Waals surface area (Å²) in [5, 5.41) is 7.82. The molecule has 2 aliphatic heterocycles. The summed E-state index contributed by atoms with van der Waals surface area (Å²) in [6.07, 6.45) is 7.55. The van der Waals surface area contributed by atoms with Crippen molar-refractivity contribution in [3.05, 3.63) is 29.8 Å². The SMILES string of the molecule is CCc1ccccc1NC(=S)NC1C[C@H]2CCC[C@H](C1)N2CC(C)C. The van der Waals surface area contributed by atoms with Crippen LogP contribution >= 0.6 is 12.2 Å². The molecule has 1 aromatic rings. The molecule has 2 aliphatic rings. The Balaban J connectivity index is 1.58. The fraction of sp³-hybridized carbons (Fsp3) is 0.667. The number of hydrogen-bond donors (Lipinski definition) is 2. The Labute approximate surface area is 158 Å². The Morgan fingerprint density at radius 3 is 2.52 bits per heavy atom. The van der Waals surface area contributed by atoms with Crippen LogP contribution in [0.2, 0.25) is 0 Å². The van der Waals surface area contributed by atoms with Gasteiger partial charge in [-0.15, -0.1) is 0 Å². The van der Waals surface area contributed by atoms with Gasteiger partial charge in [0.15, 0.2) is 5.11 Å². The monoisotopic (exact) mass is 359 g/mol. The number of piperidine rings is 2. The summed E-state index contributed by atoms with van der Waals surface area (Å²) in [6.45, 7) is 8.10. The van der Waals surface area contributed by atoms with Crippen molar-refractivity contribution in [3.63, 3.8) is 0 Å². The minimum Gasteiger partial charge on any atom is -0.360 e. The van der Waals surface area contributed by atoms with Crippen molar-refractivity contribution < 1.29 is 0 Å². The maximum atomic E-state index is 5.62. The predicted molar refractivity (Wildman–Crippen MR) is 111 cm³/mol. The molecule has 2 saturated heterocycles. The lowest BCUT2D eigenvalue weighted by Gasteiger charge is -2.49. The summed E-state index contributed by atoms with van der Waals surface area (Å²) in [4.78, 5) is 2.79. The lowest BCUT2D eigenvalue weighted by atomic mass is 9.81. The van der Waals surface area contributed by atoms with E-state index in [0.29, 0.717) is 6.04 Å². The van der Waals surface area contributed by atoms with Crippen LogP contribution in [-0.4, -0.2) is 34.7 Å². The van der Waals surface area contributed by atoms with Gasteiger partial charge in [0.2, 0.25) is 0 Å². The number of nitrogens with zero attached hydrogens (tertiary/aromatic N) is 1. The summed E-state index contributed by atoms with van der Waals surface area (Å²) in [5.41, 5.74) is 2.45. The number of benzene rings is 1. The van der Waals surface area contributed by atoms with Crippen LogP contribution < -0.4 is 10.6 Å². The highest BCUT2D eigenvalue weighted by molar-refractivity contribution is 7.80. The molecule has 0 unspecified atom stereocenters. The maximum absolute atomic E-state index is 5.62. The zero-order chi connectivity index (χ0) is 17.8. The fourth-order valence-electron chi connectivity index (χ4n) is 4.61. The lowest BCUT2D eigenvalue weighted by Crippen LogP contribution is -2.58. The van der Waals surface area contributed by atoms with Gasteiger partial charge in [-0.3, -0.25) is 4.90 Å². The number of anilines is 1. The predicted octanol–water partition coefficient (Wildman–Crippen LogP) is 4.58. The molecule has 4 heteroatoms. The summed E-state index contributed by atoms with van der Waals surface area (Å²) in [7, 11) is 0. The van der Waals surface area contributed by atoms with Gasteiger partial charge in [-0.05, 0) is 61.9 Å².